The van der Waals surface area contributed by atoms with Crippen LogP contribution in [0.15, 0.2) is 97.1 Å². The van der Waals surface area contributed by atoms with Gasteiger partial charge in [-0.25, -0.2) is 0 Å². The van der Waals surface area contributed by atoms with Crippen molar-refractivity contribution in [3.63, 3.8) is 0 Å². The second-order valence-corrected chi connectivity index (χ2v) is 11.5. The quantitative estimate of drug-likeness (QED) is 0.327. The molecule has 4 aromatic carbocycles. The van der Waals surface area contributed by atoms with Crippen molar-refractivity contribution < 1.29 is 0 Å². The fraction of sp³-hybridized carbons (Fsp3) is 0.294. The summed E-state index contributed by atoms with van der Waals surface area (Å²) in [6, 6.07) is 36.0. The van der Waals surface area contributed by atoms with Gasteiger partial charge in [0.05, 0.1) is 0 Å². The molecule has 0 saturated heterocycles. The normalized spacial score (nSPS) is 29.3. The van der Waals surface area contributed by atoms with Gasteiger partial charge in [-0.2, -0.15) is 0 Å². The van der Waals surface area contributed by atoms with Crippen LogP contribution in [0.2, 0.25) is 0 Å². The van der Waals surface area contributed by atoms with Crippen molar-refractivity contribution in [3.05, 3.63) is 108 Å². The van der Waals surface area contributed by atoms with Gasteiger partial charge >= 0.3 is 0 Å². The van der Waals surface area contributed by atoms with Crippen LogP contribution in [0.4, 0.5) is 11.4 Å². The van der Waals surface area contributed by atoms with Gasteiger partial charge in [-0.3, -0.25) is 0 Å². The van der Waals surface area contributed by atoms with Crippen LogP contribution in [0.1, 0.15) is 43.2 Å². The third kappa shape index (κ3) is 2.76. The summed E-state index contributed by atoms with van der Waals surface area (Å²) in [5, 5.41) is 3.83. The molecule has 1 spiro atoms. The molecule has 5 aliphatic rings. The van der Waals surface area contributed by atoms with Gasteiger partial charge in [0.1, 0.15) is 0 Å². The molecule has 0 aromatic heterocycles. The Balaban J connectivity index is 1.26. The lowest BCUT2D eigenvalue weighted by Crippen LogP contribution is -2.55. The van der Waals surface area contributed by atoms with E-state index in [0.717, 1.165) is 23.7 Å². The highest BCUT2D eigenvalue weighted by Gasteiger charge is 2.61. The highest BCUT2D eigenvalue weighted by molar-refractivity contribution is 5.86. The molecule has 0 radical (unpaired) electrons. The van der Waals surface area contributed by atoms with Crippen LogP contribution in [0.5, 0.6) is 0 Å². The SMILES string of the molecule is c1ccc(-c2ccccc2Nc2ccc3c(c2)C2(c4ccccc4-3)C3CC4CC(C3)CC2C4)cc1. The Morgan fingerprint density at radius 1 is 0.543 bits per heavy atom. The number of benzene rings is 4. The molecule has 4 saturated carbocycles. The number of para-hydroxylation sites is 1. The average Bonchev–Trinajstić information content (AvgIpc) is 3.18. The van der Waals surface area contributed by atoms with Crippen LogP contribution in [-0.2, 0) is 5.41 Å². The van der Waals surface area contributed by atoms with E-state index in [2.05, 4.69) is 102 Å². The summed E-state index contributed by atoms with van der Waals surface area (Å²) in [5.41, 5.74) is 11.3. The van der Waals surface area contributed by atoms with E-state index in [1.807, 2.05) is 0 Å². The van der Waals surface area contributed by atoms with E-state index in [-0.39, 0.29) is 5.41 Å². The van der Waals surface area contributed by atoms with Crippen LogP contribution < -0.4 is 5.32 Å². The molecule has 0 atom stereocenters. The second-order valence-electron chi connectivity index (χ2n) is 11.5. The fourth-order valence-electron chi connectivity index (χ4n) is 8.85. The van der Waals surface area contributed by atoms with Crippen molar-refractivity contribution in [2.24, 2.45) is 23.7 Å². The Hall–Kier alpha value is -3.32. The van der Waals surface area contributed by atoms with E-state index in [4.69, 9.17) is 0 Å². The van der Waals surface area contributed by atoms with E-state index in [9.17, 15) is 0 Å². The molecule has 4 aromatic rings. The first-order valence-corrected chi connectivity index (χ1v) is 13.5. The number of rotatable bonds is 3. The first kappa shape index (κ1) is 19.9. The van der Waals surface area contributed by atoms with E-state index < -0.39 is 0 Å². The lowest BCUT2D eigenvalue weighted by molar-refractivity contribution is -0.0399. The van der Waals surface area contributed by atoms with Gasteiger partial charge in [-0.15, -0.1) is 0 Å². The molecule has 1 heteroatoms. The summed E-state index contributed by atoms with van der Waals surface area (Å²) < 4.78 is 0. The van der Waals surface area contributed by atoms with Crippen LogP contribution in [0.25, 0.3) is 22.3 Å². The van der Waals surface area contributed by atoms with Gasteiger partial charge in [0.2, 0.25) is 0 Å². The Kier molecular flexibility index (Phi) is 4.18. The molecular weight excluding hydrogens is 422 g/mol. The Morgan fingerprint density at radius 2 is 1.17 bits per heavy atom. The molecule has 35 heavy (non-hydrogen) atoms. The predicted molar refractivity (Wildman–Crippen MR) is 145 cm³/mol. The molecular formula is C34H31N. The summed E-state index contributed by atoms with van der Waals surface area (Å²) in [6.45, 7) is 0. The van der Waals surface area contributed by atoms with Gasteiger partial charge in [0.25, 0.3) is 0 Å². The van der Waals surface area contributed by atoms with E-state index in [1.165, 1.54) is 65.7 Å². The highest BCUT2D eigenvalue weighted by atomic mass is 14.9. The number of nitrogens with one attached hydrogen (secondary N) is 1. The second kappa shape index (κ2) is 7.34. The molecule has 9 rings (SSSR count). The molecule has 5 aliphatic carbocycles. The predicted octanol–water partition coefficient (Wildman–Crippen LogP) is 8.82. The van der Waals surface area contributed by atoms with Gasteiger partial charge in [-0.05, 0) is 102 Å². The smallest absolute Gasteiger partial charge is 0.0463 e. The van der Waals surface area contributed by atoms with Crippen LogP contribution in [-0.4, -0.2) is 0 Å². The monoisotopic (exact) mass is 453 g/mol. The fourth-order valence-corrected chi connectivity index (χ4v) is 8.85. The summed E-state index contributed by atoms with van der Waals surface area (Å²) in [4.78, 5) is 0. The van der Waals surface area contributed by atoms with Crippen molar-refractivity contribution in [3.8, 4) is 22.3 Å². The average molecular weight is 454 g/mol. The van der Waals surface area contributed by atoms with Gasteiger partial charge in [0, 0.05) is 22.4 Å². The maximum Gasteiger partial charge on any atom is 0.0463 e. The van der Waals surface area contributed by atoms with Crippen LogP contribution in [0, 0.1) is 23.7 Å². The zero-order chi connectivity index (χ0) is 23.0. The molecule has 0 aliphatic heterocycles. The zero-order valence-electron chi connectivity index (χ0n) is 20.1. The summed E-state index contributed by atoms with van der Waals surface area (Å²) in [6.07, 6.45) is 7.20. The summed E-state index contributed by atoms with van der Waals surface area (Å²) in [7, 11) is 0. The molecule has 4 fully saturated rings. The first-order valence-electron chi connectivity index (χ1n) is 13.5. The number of hydrogen-bond donors (Lipinski definition) is 1. The maximum atomic E-state index is 3.83. The van der Waals surface area contributed by atoms with E-state index >= 15 is 0 Å². The minimum absolute atomic E-state index is 0.218. The summed E-state index contributed by atoms with van der Waals surface area (Å²) in [5.74, 6) is 3.54. The Labute approximate surface area is 208 Å². The van der Waals surface area contributed by atoms with Crippen molar-refractivity contribution in [2.75, 3.05) is 5.32 Å². The van der Waals surface area contributed by atoms with E-state index in [0.29, 0.717) is 0 Å². The molecule has 4 bridgehead atoms. The van der Waals surface area contributed by atoms with Crippen molar-refractivity contribution in [1.29, 1.82) is 0 Å². The molecule has 0 amide bonds. The third-order valence-electron chi connectivity index (χ3n) is 9.84. The summed E-state index contributed by atoms with van der Waals surface area (Å²) >= 11 is 0. The topological polar surface area (TPSA) is 12.0 Å². The van der Waals surface area contributed by atoms with Gasteiger partial charge in [-0.1, -0.05) is 78.9 Å². The molecule has 0 unspecified atom stereocenters. The largest absolute Gasteiger partial charge is 0.355 e. The number of anilines is 2. The lowest BCUT2D eigenvalue weighted by Gasteiger charge is -2.61. The Morgan fingerprint density at radius 3 is 1.94 bits per heavy atom. The van der Waals surface area contributed by atoms with E-state index in [1.54, 1.807) is 11.1 Å². The maximum absolute atomic E-state index is 3.83. The van der Waals surface area contributed by atoms with Gasteiger partial charge < -0.3 is 5.32 Å². The standard InChI is InChI=1S/C34H31N/c1-2-8-24(9-3-1)28-10-5-7-13-33(28)35-27-14-15-30-29-11-4-6-12-31(29)34(32(30)21-27)25-17-22-16-23(19-25)20-26(34)18-22/h1-15,21-23,25-26,35H,16-20H2. The number of hydrogen-bond acceptors (Lipinski definition) is 1. The van der Waals surface area contributed by atoms with Crippen LogP contribution >= 0.6 is 0 Å². The number of fused-ring (bicyclic) bond motifs is 3. The molecule has 1 nitrogen and oxygen atoms in total. The molecule has 1 N–H and O–H groups in total. The third-order valence-corrected chi connectivity index (χ3v) is 9.84. The first-order chi connectivity index (χ1) is 17.3. The lowest BCUT2D eigenvalue weighted by atomic mass is 9.43. The van der Waals surface area contributed by atoms with Crippen LogP contribution in [0.3, 0.4) is 0 Å². The Bertz CT molecular complexity index is 1400. The highest BCUT2D eigenvalue weighted by Crippen LogP contribution is 2.69. The minimum Gasteiger partial charge on any atom is -0.355 e. The van der Waals surface area contributed by atoms with Gasteiger partial charge in [0.15, 0.2) is 0 Å². The minimum atomic E-state index is 0.218. The molecule has 172 valence electrons. The van der Waals surface area contributed by atoms with Crippen molar-refractivity contribution >= 4 is 11.4 Å². The van der Waals surface area contributed by atoms with Crippen molar-refractivity contribution in [2.45, 2.75) is 37.5 Å². The zero-order valence-corrected chi connectivity index (χ0v) is 20.1. The van der Waals surface area contributed by atoms with Crippen molar-refractivity contribution in [1.82, 2.24) is 0 Å². The molecule has 0 heterocycles.